The van der Waals surface area contributed by atoms with Crippen molar-refractivity contribution >= 4 is 23.5 Å². The maximum Gasteiger partial charge on any atom is 0.239 e. The van der Waals surface area contributed by atoms with Gasteiger partial charge in [-0.25, -0.2) is 9.97 Å². The summed E-state index contributed by atoms with van der Waals surface area (Å²) in [5.41, 5.74) is 4.22. The molecule has 0 radical (unpaired) electrons. The number of hydrogen-bond donors (Lipinski definition) is 2. The normalized spacial score (nSPS) is 10.5. The first kappa shape index (κ1) is 26.8. The third-order valence-corrected chi connectivity index (χ3v) is 6.09. The highest BCUT2D eigenvalue weighted by Crippen LogP contribution is 2.28. The summed E-state index contributed by atoms with van der Waals surface area (Å²) in [6.45, 7) is 0.497. The Labute approximate surface area is 227 Å². The second kappa shape index (κ2) is 12.8. The Morgan fingerprint density at radius 3 is 2.03 bits per heavy atom. The molecule has 1 amide bonds. The third kappa shape index (κ3) is 6.92. The van der Waals surface area contributed by atoms with E-state index in [0.29, 0.717) is 46.8 Å². The summed E-state index contributed by atoms with van der Waals surface area (Å²) < 4.78 is 15.9. The van der Waals surface area contributed by atoms with E-state index in [2.05, 4.69) is 20.6 Å². The van der Waals surface area contributed by atoms with Gasteiger partial charge in [-0.1, -0.05) is 29.8 Å². The highest BCUT2D eigenvalue weighted by Gasteiger charge is 2.11. The third-order valence-electron chi connectivity index (χ3n) is 5.84. The molecule has 0 fully saturated rings. The largest absolute Gasteiger partial charge is 0.497 e. The molecule has 0 spiro atoms. The van der Waals surface area contributed by atoms with Crippen LogP contribution in [0.15, 0.2) is 72.8 Å². The molecule has 0 unspecified atom stereocenters. The van der Waals surface area contributed by atoms with Crippen molar-refractivity contribution < 1.29 is 19.0 Å². The molecule has 0 aliphatic carbocycles. The molecule has 0 saturated carbocycles. The average Bonchev–Trinajstić information content (AvgIpc) is 2.96. The first-order valence-corrected chi connectivity index (χ1v) is 12.4. The lowest BCUT2D eigenvalue weighted by Crippen LogP contribution is -2.31. The van der Waals surface area contributed by atoms with Crippen molar-refractivity contribution in [2.45, 2.75) is 6.42 Å². The number of nitrogens with zero attached hydrogens (tertiary/aromatic N) is 2. The van der Waals surface area contributed by atoms with Crippen LogP contribution in [0.3, 0.4) is 0 Å². The predicted molar refractivity (Wildman–Crippen MR) is 149 cm³/mol. The smallest absolute Gasteiger partial charge is 0.239 e. The lowest BCUT2D eigenvalue weighted by atomic mass is 10.1. The second-order valence-corrected chi connectivity index (χ2v) is 8.78. The molecule has 3 aromatic carbocycles. The molecule has 38 heavy (non-hydrogen) atoms. The minimum absolute atomic E-state index is 0.0259. The van der Waals surface area contributed by atoms with E-state index >= 15 is 0 Å². The maximum atomic E-state index is 12.5. The van der Waals surface area contributed by atoms with E-state index in [-0.39, 0.29) is 12.5 Å². The van der Waals surface area contributed by atoms with Gasteiger partial charge in [0.05, 0.1) is 39.3 Å². The van der Waals surface area contributed by atoms with Crippen LogP contribution in [0.1, 0.15) is 5.56 Å². The number of benzene rings is 3. The zero-order valence-electron chi connectivity index (χ0n) is 21.5. The summed E-state index contributed by atoms with van der Waals surface area (Å²) in [6.07, 6.45) is 0.649. The summed E-state index contributed by atoms with van der Waals surface area (Å²) in [5.74, 6) is 2.25. The SMILES string of the molecule is COc1ccc(-c2cc(-c3ccc(Cl)cc3)nc(NCC(=O)NCCc3ccc(OC)c(OC)c3)n2)cc1. The van der Waals surface area contributed by atoms with Crippen LogP contribution in [0.25, 0.3) is 22.5 Å². The number of ether oxygens (including phenoxy) is 3. The lowest BCUT2D eigenvalue weighted by Gasteiger charge is -2.12. The molecule has 9 heteroatoms. The van der Waals surface area contributed by atoms with Gasteiger partial charge in [-0.15, -0.1) is 0 Å². The molecule has 4 aromatic rings. The van der Waals surface area contributed by atoms with Crippen LogP contribution >= 0.6 is 11.6 Å². The zero-order valence-corrected chi connectivity index (χ0v) is 22.2. The summed E-state index contributed by atoms with van der Waals surface area (Å²) in [7, 11) is 4.82. The van der Waals surface area contributed by atoms with Crippen LogP contribution in [0.4, 0.5) is 5.95 Å². The van der Waals surface area contributed by atoms with Crippen LogP contribution in [0, 0.1) is 0 Å². The van der Waals surface area contributed by atoms with Gasteiger partial charge in [-0.05, 0) is 66.6 Å². The maximum absolute atomic E-state index is 12.5. The van der Waals surface area contributed by atoms with Gasteiger partial charge in [0.15, 0.2) is 11.5 Å². The van der Waals surface area contributed by atoms with E-state index in [1.165, 1.54) is 0 Å². The molecule has 0 atom stereocenters. The Bertz CT molecular complexity index is 1380. The topological polar surface area (TPSA) is 94.6 Å². The molecule has 8 nitrogen and oxygen atoms in total. The predicted octanol–water partition coefficient (Wildman–Crippen LogP) is 5.26. The summed E-state index contributed by atoms with van der Waals surface area (Å²) in [6, 6.07) is 22.6. The number of halogens is 1. The first-order valence-electron chi connectivity index (χ1n) is 12.0. The van der Waals surface area contributed by atoms with Gasteiger partial charge in [-0.3, -0.25) is 4.79 Å². The van der Waals surface area contributed by atoms with Crippen LogP contribution < -0.4 is 24.8 Å². The van der Waals surface area contributed by atoms with Gasteiger partial charge in [0.25, 0.3) is 0 Å². The molecule has 4 rings (SSSR count). The Balaban J connectivity index is 1.44. The van der Waals surface area contributed by atoms with E-state index in [0.717, 1.165) is 22.4 Å². The molecule has 0 aliphatic heterocycles. The van der Waals surface area contributed by atoms with Crippen LogP contribution in [-0.4, -0.2) is 50.3 Å². The van der Waals surface area contributed by atoms with Crippen LogP contribution in [-0.2, 0) is 11.2 Å². The second-order valence-electron chi connectivity index (χ2n) is 8.34. The minimum Gasteiger partial charge on any atom is -0.497 e. The van der Waals surface area contributed by atoms with Gasteiger partial charge in [0, 0.05) is 22.7 Å². The number of aromatic nitrogens is 2. The number of anilines is 1. The molecule has 2 N–H and O–H groups in total. The Kier molecular flexibility index (Phi) is 9.00. The van der Waals surface area contributed by atoms with E-state index in [1.807, 2.05) is 72.8 Å². The summed E-state index contributed by atoms with van der Waals surface area (Å²) >= 11 is 6.07. The van der Waals surface area contributed by atoms with Gasteiger partial charge < -0.3 is 24.8 Å². The number of amides is 1. The summed E-state index contributed by atoms with van der Waals surface area (Å²) in [4.78, 5) is 21.8. The first-order chi connectivity index (χ1) is 18.5. The molecule has 1 heterocycles. The highest BCUT2D eigenvalue weighted by atomic mass is 35.5. The number of rotatable bonds is 11. The number of nitrogens with one attached hydrogen (secondary N) is 2. The van der Waals surface area contributed by atoms with Crippen molar-refractivity contribution in [1.29, 1.82) is 0 Å². The standard InChI is InChI=1S/C29H29ClN4O4/c1-36-23-11-7-21(8-12-23)25-17-24(20-5-9-22(30)10-6-20)33-29(34-25)32-18-28(35)31-15-14-19-4-13-26(37-2)27(16-19)38-3/h4-13,16-17H,14-15,18H2,1-3H3,(H,31,35)(H,32,33,34). The molecule has 0 saturated heterocycles. The average molecular weight is 533 g/mol. The van der Waals surface area contributed by atoms with Crippen LogP contribution in [0.5, 0.6) is 17.2 Å². The van der Waals surface area contributed by atoms with Crippen molar-refractivity contribution in [2.24, 2.45) is 0 Å². The minimum atomic E-state index is -0.169. The van der Waals surface area contributed by atoms with Gasteiger partial charge in [0.1, 0.15) is 5.75 Å². The molecule has 0 aliphatic rings. The Hall–Kier alpha value is -4.30. The molecular weight excluding hydrogens is 504 g/mol. The van der Waals surface area contributed by atoms with E-state index in [1.54, 1.807) is 21.3 Å². The van der Waals surface area contributed by atoms with Crippen molar-refractivity contribution in [2.75, 3.05) is 39.7 Å². The fourth-order valence-corrected chi connectivity index (χ4v) is 3.93. The molecule has 1 aromatic heterocycles. The van der Waals surface area contributed by atoms with E-state index in [9.17, 15) is 4.79 Å². The van der Waals surface area contributed by atoms with Crippen molar-refractivity contribution in [1.82, 2.24) is 15.3 Å². The van der Waals surface area contributed by atoms with Gasteiger partial charge in [-0.2, -0.15) is 0 Å². The van der Waals surface area contributed by atoms with Gasteiger partial charge >= 0.3 is 0 Å². The Morgan fingerprint density at radius 1 is 0.789 bits per heavy atom. The number of hydrogen-bond acceptors (Lipinski definition) is 7. The summed E-state index contributed by atoms with van der Waals surface area (Å²) in [5, 5.41) is 6.62. The monoisotopic (exact) mass is 532 g/mol. The van der Waals surface area contributed by atoms with Crippen molar-refractivity contribution in [3.8, 4) is 39.8 Å². The quantitative estimate of drug-likeness (QED) is 0.272. The highest BCUT2D eigenvalue weighted by molar-refractivity contribution is 6.30. The number of carbonyl (C=O) groups is 1. The van der Waals surface area contributed by atoms with Crippen molar-refractivity contribution in [3.05, 3.63) is 83.4 Å². The molecule has 196 valence electrons. The molecule has 0 bridgehead atoms. The number of carbonyl (C=O) groups excluding carboxylic acids is 1. The fraction of sp³-hybridized carbons (Fsp3) is 0.207. The van der Waals surface area contributed by atoms with Crippen LogP contribution in [0.2, 0.25) is 5.02 Å². The number of methoxy groups -OCH3 is 3. The fourth-order valence-electron chi connectivity index (χ4n) is 3.81. The van der Waals surface area contributed by atoms with Gasteiger partial charge in [0.2, 0.25) is 11.9 Å². The zero-order chi connectivity index (χ0) is 26.9. The van der Waals surface area contributed by atoms with E-state index in [4.69, 9.17) is 25.8 Å². The van der Waals surface area contributed by atoms with Crippen molar-refractivity contribution in [3.63, 3.8) is 0 Å². The van der Waals surface area contributed by atoms with E-state index < -0.39 is 0 Å². The Morgan fingerprint density at radius 2 is 1.42 bits per heavy atom. The lowest BCUT2D eigenvalue weighted by molar-refractivity contribution is -0.119. The molecular formula is C29H29ClN4O4.